The van der Waals surface area contributed by atoms with Gasteiger partial charge in [-0.3, -0.25) is 4.79 Å². The average molecular weight is 272 g/mol. The zero-order valence-corrected chi connectivity index (χ0v) is 9.96. The number of nitrogens with one attached hydrogen (secondary N) is 1. The van der Waals surface area contributed by atoms with Crippen molar-refractivity contribution in [1.82, 2.24) is 5.32 Å². The Morgan fingerprint density at radius 1 is 1.40 bits per heavy atom. The molecule has 0 unspecified atom stereocenters. The van der Waals surface area contributed by atoms with Crippen molar-refractivity contribution in [3.8, 4) is 0 Å². The molecule has 4 heteroatoms. The number of hydrogen-bond acceptors (Lipinski definition) is 2. The number of amides is 1. The van der Waals surface area contributed by atoms with Crippen LogP contribution in [0.5, 0.6) is 0 Å². The van der Waals surface area contributed by atoms with Crippen molar-refractivity contribution in [2.45, 2.75) is 12.8 Å². The lowest BCUT2D eigenvalue weighted by Crippen LogP contribution is -2.26. The van der Waals surface area contributed by atoms with Crippen LogP contribution in [0.4, 0.5) is 0 Å². The number of benzene rings is 1. The fraction of sp³-hybridized carbons (Fsp3) is 0.364. The molecular formula is C11H14BrNO2. The van der Waals surface area contributed by atoms with Gasteiger partial charge in [0.2, 0.25) is 5.91 Å². The highest BCUT2D eigenvalue weighted by Gasteiger charge is 2.03. The zero-order valence-electron chi connectivity index (χ0n) is 8.37. The summed E-state index contributed by atoms with van der Waals surface area (Å²) < 4.78 is 1.03. The first-order chi connectivity index (χ1) is 7.24. The molecule has 3 nitrogen and oxygen atoms in total. The van der Waals surface area contributed by atoms with E-state index in [-0.39, 0.29) is 12.5 Å². The molecule has 0 aliphatic heterocycles. The maximum atomic E-state index is 11.2. The lowest BCUT2D eigenvalue weighted by Gasteiger charge is -2.04. The predicted octanol–water partition coefficient (Wildman–Crippen LogP) is 1.49. The first-order valence-corrected chi connectivity index (χ1v) is 5.64. The van der Waals surface area contributed by atoms with Crippen LogP contribution >= 0.6 is 15.9 Å². The lowest BCUT2D eigenvalue weighted by atomic mass is 10.1. The van der Waals surface area contributed by atoms with Crippen LogP contribution in [0.2, 0.25) is 0 Å². The summed E-state index contributed by atoms with van der Waals surface area (Å²) in [6.07, 6.45) is 1.15. The van der Waals surface area contributed by atoms with E-state index < -0.39 is 0 Å². The predicted molar refractivity (Wildman–Crippen MR) is 62.6 cm³/mol. The smallest absolute Gasteiger partial charge is 0.220 e. The number of hydrogen-bond donors (Lipinski definition) is 2. The van der Waals surface area contributed by atoms with Gasteiger partial charge in [0, 0.05) is 17.4 Å². The highest BCUT2D eigenvalue weighted by molar-refractivity contribution is 9.10. The molecule has 1 rings (SSSR count). The Balaban J connectivity index is 2.37. The number of aliphatic hydroxyl groups is 1. The van der Waals surface area contributed by atoms with E-state index in [2.05, 4.69) is 21.2 Å². The van der Waals surface area contributed by atoms with Crippen LogP contribution in [0.25, 0.3) is 0 Å². The number of aliphatic hydroxyl groups excluding tert-OH is 1. The number of halogens is 1. The van der Waals surface area contributed by atoms with Gasteiger partial charge in [0.1, 0.15) is 0 Å². The van der Waals surface area contributed by atoms with Crippen molar-refractivity contribution in [2.75, 3.05) is 13.2 Å². The Bertz CT molecular complexity index is 328. The molecule has 0 saturated heterocycles. The van der Waals surface area contributed by atoms with Crippen LogP contribution in [-0.4, -0.2) is 24.2 Å². The van der Waals surface area contributed by atoms with Gasteiger partial charge < -0.3 is 10.4 Å². The Morgan fingerprint density at radius 2 is 2.13 bits per heavy atom. The second kappa shape index (κ2) is 6.58. The minimum absolute atomic E-state index is 0.0131. The van der Waals surface area contributed by atoms with Crippen molar-refractivity contribution in [3.63, 3.8) is 0 Å². The number of carbonyl (C=O) groups is 1. The number of rotatable bonds is 5. The summed E-state index contributed by atoms with van der Waals surface area (Å²) in [6.45, 7) is 0.315. The van der Waals surface area contributed by atoms with Crippen molar-refractivity contribution in [2.24, 2.45) is 0 Å². The van der Waals surface area contributed by atoms with Crippen molar-refractivity contribution < 1.29 is 9.90 Å². The van der Waals surface area contributed by atoms with Crippen LogP contribution in [0, 0.1) is 0 Å². The Hall–Kier alpha value is -0.870. The highest BCUT2D eigenvalue weighted by atomic mass is 79.9. The van der Waals surface area contributed by atoms with Gasteiger partial charge in [-0.2, -0.15) is 0 Å². The largest absolute Gasteiger partial charge is 0.395 e. The summed E-state index contributed by atoms with van der Waals surface area (Å²) in [4.78, 5) is 11.2. The Labute approximate surface area is 97.6 Å². The molecule has 82 valence electrons. The molecule has 0 aliphatic rings. The monoisotopic (exact) mass is 271 g/mol. The van der Waals surface area contributed by atoms with Gasteiger partial charge in [-0.25, -0.2) is 0 Å². The maximum Gasteiger partial charge on any atom is 0.220 e. The fourth-order valence-corrected chi connectivity index (χ4v) is 1.72. The standard InChI is InChI=1S/C11H14BrNO2/c12-10-4-2-1-3-9(10)5-6-11(15)13-7-8-14/h1-4,14H,5-8H2,(H,13,15). The van der Waals surface area contributed by atoms with Crippen LogP contribution in [0.3, 0.4) is 0 Å². The summed E-state index contributed by atoms with van der Waals surface area (Å²) in [7, 11) is 0. The second-order valence-corrected chi connectivity index (χ2v) is 4.02. The first kappa shape index (κ1) is 12.2. The fourth-order valence-electron chi connectivity index (χ4n) is 1.23. The molecule has 0 heterocycles. The van der Waals surface area contributed by atoms with Crippen molar-refractivity contribution >= 4 is 21.8 Å². The minimum atomic E-state index is -0.0280. The average Bonchev–Trinajstić information content (AvgIpc) is 2.25. The van der Waals surface area contributed by atoms with Gasteiger partial charge in [-0.15, -0.1) is 0 Å². The molecule has 0 radical (unpaired) electrons. The van der Waals surface area contributed by atoms with Gasteiger partial charge in [0.05, 0.1) is 6.61 Å². The molecule has 0 aliphatic carbocycles. The van der Waals surface area contributed by atoms with Crippen LogP contribution in [0.15, 0.2) is 28.7 Å². The number of carbonyl (C=O) groups excluding carboxylic acids is 1. The van der Waals surface area contributed by atoms with E-state index in [9.17, 15) is 4.79 Å². The van der Waals surface area contributed by atoms with E-state index in [0.717, 1.165) is 10.0 Å². The van der Waals surface area contributed by atoms with Gasteiger partial charge >= 0.3 is 0 Å². The molecule has 15 heavy (non-hydrogen) atoms. The topological polar surface area (TPSA) is 49.3 Å². The molecule has 0 aromatic heterocycles. The van der Waals surface area contributed by atoms with Gasteiger partial charge in [0.15, 0.2) is 0 Å². The quantitative estimate of drug-likeness (QED) is 0.853. The van der Waals surface area contributed by atoms with Crippen molar-refractivity contribution in [1.29, 1.82) is 0 Å². The molecule has 0 saturated carbocycles. The Kier molecular flexibility index (Phi) is 5.36. The molecule has 1 aromatic rings. The SMILES string of the molecule is O=C(CCc1ccccc1Br)NCCO. The molecule has 0 atom stereocenters. The highest BCUT2D eigenvalue weighted by Crippen LogP contribution is 2.17. The van der Waals surface area contributed by atoms with Crippen LogP contribution in [0.1, 0.15) is 12.0 Å². The third kappa shape index (κ3) is 4.44. The summed E-state index contributed by atoms with van der Waals surface area (Å²) in [5, 5.41) is 11.1. The van der Waals surface area contributed by atoms with E-state index in [0.29, 0.717) is 19.4 Å². The minimum Gasteiger partial charge on any atom is -0.395 e. The van der Waals surface area contributed by atoms with E-state index in [1.807, 2.05) is 24.3 Å². The molecule has 2 N–H and O–H groups in total. The summed E-state index contributed by atoms with van der Waals surface area (Å²) in [5.41, 5.74) is 1.12. The van der Waals surface area contributed by atoms with Crippen LogP contribution < -0.4 is 5.32 Å². The molecule has 0 bridgehead atoms. The second-order valence-electron chi connectivity index (χ2n) is 3.16. The third-order valence-corrected chi connectivity index (χ3v) is 2.79. The number of aryl methyl sites for hydroxylation is 1. The maximum absolute atomic E-state index is 11.2. The van der Waals surface area contributed by atoms with E-state index in [4.69, 9.17) is 5.11 Å². The van der Waals surface area contributed by atoms with Gasteiger partial charge in [-0.1, -0.05) is 34.1 Å². The van der Waals surface area contributed by atoms with Gasteiger partial charge in [-0.05, 0) is 18.1 Å². The first-order valence-electron chi connectivity index (χ1n) is 4.85. The third-order valence-electron chi connectivity index (χ3n) is 2.01. The molecule has 1 aromatic carbocycles. The zero-order chi connectivity index (χ0) is 11.1. The van der Waals surface area contributed by atoms with E-state index in [1.165, 1.54) is 0 Å². The molecule has 1 amide bonds. The van der Waals surface area contributed by atoms with Crippen LogP contribution in [-0.2, 0) is 11.2 Å². The molecule has 0 spiro atoms. The van der Waals surface area contributed by atoms with E-state index in [1.54, 1.807) is 0 Å². The Morgan fingerprint density at radius 3 is 2.80 bits per heavy atom. The van der Waals surface area contributed by atoms with E-state index >= 15 is 0 Å². The van der Waals surface area contributed by atoms with Crippen molar-refractivity contribution in [3.05, 3.63) is 34.3 Å². The normalized spacial score (nSPS) is 10.0. The summed E-state index contributed by atoms with van der Waals surface area (Å²) in [6, 6.07) is 7.84. The molecular weight excluding hydrogens is 258 g/mol. The molecule has 0 fully saturated rings. The lowest BCUT2D eigenvalue weighted by molar-refractivity contribution is -0.121. The summed E-state index contributed by atoms with van der Waals surface area (Å²) in [5.74, 6) is -0.0280. The summed E-state index contributed by atoms with van der Waals surface area (Å²) >= 11 is 3.43. The van der Waals surface area contributed by atoms with Gasteiger partial charge in [0.25, 0.3) is 0 Å².